The van der Waals surface area contributed by atoms with E-state index in [9.17, 15) is 9.59 Å². The zero-order valence-corrected chi connectivity index (χ0v) is 42.2. The summed E-state index contributed by atoms with van der Waals surface area (Å²) in [6, 6.07) is 0. The zero-order valence-electron chi connectivity index (χ0n) is 42.2. The van der Waals surface area contributed by atoms with Crippen molar-refractivity contribution in [2.45, 2.75) is 309 Å². The highest BCUT2D eigenvalue weighted by atomic mass is 16.6. The summed E-state index contributed by atoms with van der Waals surface area (Å²) in [5.41, 5.74) is 0. The number of esters is 2. The molecule has 0 N–H and O–H groups in total. The normalized spacial score (nSPS) is 12.2. The Morgan fingerprint density at radius 2 is 0.629 bits per heavy atom. The second kappa shape index (κ2) is 53.7. The van der Waals surface area contributed by atoms with Gasteiger partial charge in [0.1, 0.15) is 6.61 Å². The summed E-state index contributed by atoms with van der Waals surface area (Å²) >= 11 is 0. The van der Waals surface area contributed by atoms with Crippen LogP contribution in [0.3, 0.4) is 0 Å². The van der Waals surface area contributed by atoms with Gasteiger partial charge in [0.15, 0.2) is 6.10 Å². The van der Waals surface area contributed by atoms with Crippen molar-refractivity contribution in [3.63, 3.8) is 0 Å². The molecule has 0 fully saturated rings. The second-order valence-electron chi connectivity index (χ2n) is 18.8. The maximum Gasteiger partial charge on any atom is 0.306 e. The Bertz CT molecular complexity index is 943. The molecule has 0 aromatic heterocycles. The number of allylic oxidation sites excluding steroid dienone is 4. The highest BCUT2D eigenvalue weighted by Crippen LogP contribution is 2.16. The summed E-state index contributed by atoms with van der Waals surface area (Å²) in [6.45, 7) is 7.86. The maximum atomic E-state index is 12.8. The van der Waals surface area contributed by atoms with E-state index in [0.29, 0.717) is 26.1 Å². The number of carbonyl (C=O) groups excluding carboxylic acids is 2. The van der Waals surface area contributed by atoms with Crippen LogP contribution in [0.25, 0.3) is 0 Å². The highest BCUT2D eigenvalue weighted by molar-refractivity contribution is 5.70. The molecule has 5 nitrogen and oxygen atoms in total. The van der Waals surface area contributed by atoms with Gasteiger partial charge in [-0.2, -0.15) is 0 Å². The van der Waals surface area contributed by atoms with Crippen LogP contribution >= 0.6 is 0 Å². The van der Waals surface area contributed by atoms with Crippen LogP contribution in [0.2, 0.25) is 0 Å². The van der Waals surface area contributed by atoms with E-state index in [0.717, 1.165) is 44.9 Å². The third-order valence-corrected chi connectivity index (χ3v) is 12.5. The first-order chi connectivity index (χ1) is 30.6. The van der Waals surface area contributed by atoms with Crippen molar-refractivity contribution in [3.8, 4) is 0 Å². The monoisotopic (exact) mass is 873 g/mol. The Morgan fingerprint density at radius 1 is 0.339 bits per heavy atom. The lowest BCUT2D eigenvalue weighted by atomic mass is 10.1. The molecule has 5 heteroatoms. The van der Waals surface area contributed by atoms with Gasteiger partial charge in [-0.1, -0.05) is 244 Å². The zero-order chi connectivity index (χ0) is 44.9. The number of rotatable bonds is 52. The van der Waals surface area contributed by atoms with Crippen molar-refractivity contribution in [1.82, 2.24) is 0 Å². The third-order valence-electron chi connectivity index (χ3n) is 12.5. The van der Waals surface area contributed by atoms with Gasteiger partial charge in [-0.3, -0.25) is 9.59 Å². The molecular weight excluding hydrogens is 765 g/mol. The van der Waals surface area contributed by atoms with Crippen molar-refractivity contribution < 1.29 is 23.8 Å². The van der Waals surface area contributed by atoms with Gasteiger partial charge >= 0.3 is 11.9 Å². The summed E-state index contributed by atoms with van der Waals surface area (Å²) in [6.07, 6.45) is 63.4. The van der Waals surface area contributed by atoms with E-state index in [1.807, 2.05) is 0 Å². The van der Waals surface area contributed by atoms with Crippen molar-refractivity contribution in [3.05, 3.63) is 24.3 Å². The molecule has 0 amide bonds. The minimum atomic E-state index is -0.533. The van der Waals surface area contributed by atoms with Crippen molar-refractivity contribution in [2.75, 3.05) is 19.8 Å². The van der Waals surface area contributed by atoms with Crippen molar-refractivity contribution >= 4 is 11.9 Å². The fourth-order valence-electron chi connectivity index (χ4n) is 8.27. The molecule has 0 saturated carbocycles. The molecule has 0 saturated heterocycles. The fourth-order valence-corrected chi connectivity index (χ4v) is 8.27. The molecular formula is C57H108O5. The molecule has 0 rings (SSSR count). The van der Waals surface area contributed by atoms with Crippen LogP contribution in [0.1, 0.15) is 303 Å². The Morgan fingerprint density at radius 3 is 0.984 bits per heavy atom. The first-order valence-corrected chi connectivity index (χ1v) is 27.9. The molecule has 0 aliphatic heterocycles. The van der Waals surface area contributed by atoms with E-state index in [2.05, 4.69) is 45.1 Å². The molecule has 0 heterocycles. The quantitative estimate of drug-likeness (QED) is 0.0346. The van der Waals surface area contributed by atoms with Crippen LogP contribution in [-0.4, -0.2) is 37.9 Å². The van der Waals surface area contributed by atoms with Crippen LogP contribution in [0.5, 0.6) is 0 Å². The van der Waals surface area contributed by atoms with Gasteiger partial charge < -0.3 is 14.2 Å². The van der Waals surface area contributed by atoms with Gasteiger partial charge in [-0.25, -0.2) is 0 Å². The lowest BCUT2D eigenvalue weighted by molar-refractivity contribution is -0.163. The second-order valence-corrected chi connectivity index (χ2v) is 18.8. The van der Waals surface area contributed by atoms with E-state index in [1.165, 1.54) is 225 Å². The van der Waals surface area contributed by atoms with Crippen LogP contribution in [0, 0.1) is 0 Å². The van der Waals surface area contributed by atoms with E-state index in [1.54, 1.807) is 0 Å². The Kier molecular flexibility index (Phi) is 52.3. The van der Waals surface area contributed by atoms with E-state index in [4.69, 9.17) is 14.2 Å². The number of unbranched alkanes of at least 4 members (excludes halogenated alkanes) is 37. The maximum absolute atomic E-state index is 12.8. The van der Waals surface area contributed by atoms with Gasteiger partial charge in [0.05, 0.1) is 6.61 Å². The van der Waals surface area contributed by atoms with E-state index < -0.39 is 6.10 Å². The molecule has 0 bridgehead atoms. The van der Waals surface area contributed by atoms with Gasteiger partial charge in [0.25, 0.3) is 0 Å². The number of hydrogen-bond donors (Lipinski definition) is 0. The molecule has 0 aromatic carbocycles. The smallest absolute Gasteiger partial charge is 0.306 e. The van der Waals surface area contributed by atoms with Crippen LogP contribution < -0.4 is 0 Å². The number of hydrogen-bond acceptors (Lipinski definition) is 5. The fraction of sp³-hybridized carbons (Fsp3) is 0.895. The Labute approximate surface area is 387 Å². The predicted molar refractivity (Wildman–Crippen MR) is 270 cm³/mol. The van der Waals surface area contributed by atoms with Crippen molar-refractivity contribution in [1.29, 1.82) is 0 Å². The SMILES string of the molecule is CCCCCCCC/C=C\CCCCCCCCCCCCOCC(COC(=O)CCCCCCC/C=C\CCCCCCCC)OC(=O)CCCCCCCCCCCCC. The standard InChI is InChI=1S/C57H108O5/c1-4-7-10-13-16-19-22-24-26-27-28-29-30-32-34-37-40-43-46-49-52-60-53-55(62-57(59)51-48-45-42-39-35-21-18-15-12-9-6-3)54-61-56(58)50-47-44-41-38-36-33-31-25-23-20-17-14-11-8-5-2/h24-26,31,55H,4-23,27-30,32-54H2,1-3H3/b26-24-,31-25-. The summed E-state index contributed by atoms with van der Waals surface area (Å²) in [5.74, 6) is -0.390. The lowest BCUT2D eigenvalue weighted by Gasteiger charge is -2.18. The average Bonchev–Trinajstić information content (AvgIpc) is 3.27. The summed E-state index contributed by atoms with van der Waals surface area (Å²) in [7, 11) is 0. The van der Waals surface area contributed by atoms with E-state index in [-0.39, 0.29) is 18.5 Å². The highest BCUT2D eigenvalue weighted by Gasteiger charge is 2.17. The lowest BCUT2D eigenvalue weighted by Crippen LogP contribution is -2.30. The first-order valence-electron chi connectivity index (χ1n) is 27.9. The Balaban J connectivity index is 4.17. The van der Waals surface area contributed by atoms with Crippen LogP contribution in [-0.2, 0) is 23.8 Å². The summed E-state index contributed by atoms with van der Waals surface area (Å²) in [5, 5.41) is 0. The number of ether oxygens (including phenoxy) is 3. The molecule has 0 radical (unpaired) electrons. The van der Waals surface area contributed by atoms with Crippen LogP contribution in [0.15, 0.2) is 24.3 Å². The molecule has 0 spiro atoms. The third kappa shape index (κ3) is 51.0. The summed E-state index contributed by atoms with van der Waals surface area (Å²) in [4.78, 5) is 25.4. The molecule has 366 valence electrons. The van der Waals surface area contributed by atoms with Crippen LogP contribution in [0.4, 0.5) is 0 Å². The average molecular weight is 873 g/mol. The van der Waals surface area contributed by atoms with Gasteiger partial charge in [-0.05, 0) is 70.6 Å². The molecule has 1 unspecified atom stereocenters. The molecule has 1 atom stereocenters. The molecule has 0 aliphatic carbocycles. The first kappa shape index (κ1) is 60.4. The van der Waals surface area contributed by atoms with Crippen molar-refractivity contribution in [2.24, 2.45) is 0 Å². The number of carbonyl (C=O) groups is 2. The Hall–Kier alpha value is -1.62. The predicted octanol–water partition coefficient (Wildman–Crippen LogP) is 18.8. The van der Waals surface area contributed by atoms with E-state index >= 15 is 0 Å². The largest absolute Gasteiger partial charge is 0.462 e. The minimum Gasteiger partial charge on any atom is -0.462 e. The minimum absolute atomic E-state index is 0.0872. The van der Waals surface area contributed by atoms with Gasteiger partial charge in [-0.15, -0.1) is 0 Å². The van der Waals surface area contributed by atoms with Gasteiger partial charge in [0, 0.05) is 19.4 Å². The molecule has 0 aromatic rings. The molecule has 0 aliphatic rings. The molecule has 62 heavy (non-hydrogen) atoms. The van der Waals surface area contributed by atoms with Gasteiger partial charge in [0.2, 0.25) is 0 Å². The summed E-state index contributed by atoms with van der Waals surface area (Å²) < 4.78 is 17.4. The topological polar surface area (TPSA) is 61.8 Å².